The number of rotatable bonds is 8. The molecule has 176 valence electrons. The number of benzene rings is 2. The van der Waals surface area contributed by atoms with Crippen molar-refractivity contribution in [2.45, 2.75) is 65.8 Å². The van der Waals surface area contributed by atoms with E-state index >= 15 is 0 Å². The lowest BCUT2D eigenvalue weighted by Gasteiger charge is -2.25. The van der Waals surface area contributed by atoms with Gasteiger partial charge in [-0.15, -0.1) is 0 Å². The van der Waals surface area contributed by atoms with Crippen molar-refractivity contribution in [3.63, 3.8) is 0 Å². The molecule has 0 saturated carbocycles. The van der Waals surface area contributed by atoms with E-state index in [2.05, 4.69) is 27.7 Å². The number of hydrogen-bond acceptors (Lipinski definition) is 4. The van der Waals surface area contributed by atoms with Crippen molar-refractivity contribution in [1.82, 2.24) is 4.90 Å². The topological polar surface area (TPSA) is 66.8 Å². The van der Waals surface area contributed by atoms with E-state index in [4.69, 9.17) is 4.74 Å². The number of ketones is 1. The third-order valence-electron chi connectivity index (χ3n) is 6.45. The molecule has 3 rings (SSSR count). The maximum atomic E-state index is 13.2. The number of methoxy groups -OCH3 is 1. The Balaban J connectivity index is 2.23. The Bertz CT molecular complexity index is 1070. The summed E-state index contributed by atoms with van der Waals surface area (Å²) in [7, 11) is 1.62. The van der Waals surface area contributed by atoms with Gasteiger partial charge in [-0.25, -0.2) is 0 Å². The van der Waals surface area contributed by atoms with Crippen molar-refractivity contribution in [2.24, 2.45) is 0 Å². The van der Waals surface area contributed by atoms with Gasteiger partial charge in [0.2, 0.25) is 0 Å². The van der Waals surface area contributed by atoms with Gasteiger partial charge in [-0.3, -0.25) is 9.59 Å². The van der Waals surface area contributed by atoms with Crippen molar-refractivity contribution in [3.8, 4) is 5.75 Å². The molecule has 0 bridgehead atoms. The molecule has 0 radical (unpaired) electrons. The standard InChI is InChI=1S/C28H35NO4/c1-7-9-14-29-25(20-12-10-19(8-2)11-13-20)24(27(31)28(29)32)26(30)22-16-21(17(3)4)23(33-6)15-18(22)5/h10-13,15-17,25,30H,7-9,14H2,1-6H3/b26-24+. The summed E-state index contributed by atoms with van der Waals surface area (Å²) < 4.78 is 5.53. The normalized spacial score (nSPS) is 17.8. The molecule has 5 heteroatoms. The molecule has 1 saturated heterocycles. The van der Waals surface area contributed by atoms with Crippen LogP contribution in [0.1, 0.15) is 80.3 Å². The Kier molecular flexibility index (Phi) is 7.62. The van der Waals surface area contributed by atoms with E-state index in [0.717, 1.165) is 41.7 Å². The number of aliphatic hydroxyl groups is 1. The highest BCUT2D eigenvalue weighted by Crippen LogP contribution is 2.41. The molecule has 2 aromatic rings. The number of aryl methyl sites for hydroxylation is 2. The molecule has 1 unspecified atom stereocenters. The van der Waals surface area contributed by atoms with E-state index in [1.54, 1.807) is 12.0 Å². The van der Waals surface area contributed by atoms with E-state index in [-0.39, 0.29) is 17.3 Å². The van der Waals surface area contributed by atoms with E-state index in [1.165, 1.54) is 5.56 Å². The van der Waals surface area contributed by atoms with Crippen LogP contribution >= 0.6 is 0 Å². The van der Waals surface area contributed by atoms with E-state index in [9.17, 15) is 14.7 Å². The molecular formula is C28H35NO4. The molecule has 33 heavy (non-hydrogen) atoms. The summed E-state index contributed by atoms with van der Waals surface area (Å²) >= 11 is 0. The number of nitrogens with zero attached hydrogens (tertiary/aromatic N) is 1. The molecule has 0 aromatic heterocycles. The summed E-state index contributed by atoms with van der Waals surface area (Å²) in [6.07, 6.45) is 2.59. The Hall–Kier alpha value is -3.08. The van der Waals surface area contributed by atoms with E-state index in [0.29, 0.717) is 12.1 Å². The number of carbonyl (C=O) groups is 2. The lowest BCUT2D eigenvalue weighted by atomic mass is 9.90. The van der Waals surface area contributed by atoms with Gasteiger partial charge in [-0.2, -0.15) is 0 Å². The van der Waals surface area contributed by atoms with E-state index < -0.39 is 17.7 Å². The minimum atomic E-state index is -0.630. The van der Waals surface area contributed by atoms with Crippen LogP contribution in [0.15, 0.2) is 42.0 Å². The highest BCUT2D eigenvalue weighted by Gasteiger charge is 2.45. The second-order valence-corrected chi connectivity index (χ2v) is 9.00. The minimum absolute atomic E-state index is 0.126. The van der Waals surface area contributed by atoms with Crippen LogP contribution in [-0.2, 0) is 16.0 Å². The summed E-state index contributed by atoms with van der Waals surface area (Å²) in [5, 5.41) is 11.5. The van der Waals surface area contributed by atoms with Crippen LogP contribution in [0.25, 0.3) is 5.76 Å². The van der Waals surface area contributed by atoms with Crippen LogP contribution in [-0.4, -0.2) is 35.4 Å². The number of unbranched alkanes of at least 4 members (excludes halogenated alkanes) is 1. The van der Waals surface area contributed by atoms with Gasteiger partial charge in [0.1, 0.15) is 11.5 Å². The number of ether oxygens (including phenoxy) is 1. The zero-order valence-electron chi connectivity index (χ0n) is 20.6. The quantitative estimate of drug-likeness (QED) is 0.309. The first-order chi connectivity index (χ1) is 15.7. The number of Topliss-reactive ketones (excluding diaryl/α,β-unsaturated/α-hetero) is 1. The molecule has 1 amide bonds. The summed E-state index contributed by atoms with van der Waals surface area (Å²) in [6.45, 7) is 10.6. The van der Waals surface area contributed by atoms with E-state index in [1.807, 2.05) is 43.3 Å². The van der Waals surface area contributed by atoms with Crippen LogP contribution in [0.3, 0.4) is 0 Å². The lowest BCUT2D eigenvalue weighted by molar-refractivity contribution is -0.139. The molecule has 1 N–H and O–H groups in total. The van der Waals surface area contributed by atoms with Gasteiger partial charge < -0.3 is 14.7 Å². The van der Waals surface area contributed by atoms with Gasteiger partial charge in [0.15, 0.2) is 0 Å². The number of amides is 1. The highest BCUT2D eigenvalue weighted by atomic mass is 16.5. The summed E-state index contributed by atoms with van der Waals surface area (Å²) in [4.78, 5) is 27.9. The van der Waals surface area contributed by atoms with Gasteiger partial charge in [0.05, 0.1) is 18.7 Å². The van der Waals surface area contributed by atoms with Gasteiger partial charge in [-0.1, -0.05) is 58.4 Å². The van der Waals surface area contributed by atoms with Crippen LogP contribution in [0.2, 0.25) is 0 Å². The van der Waals surface area contributed by atoms with Crippen molar-refractivity contribution >= 4 is 17.4 Å². The van der Waals surface area contributed by atoms with Crippen LogP contribution in [0, 0.1) is 6.92 Å². The molecule has 1 heterocycles. The number of carbonyl (C=O) groups excluding carboxylic acids is 2. The van der Waals surface area contributed by atoms with Gasteiger partial charge >= 0.3 is 0 Å². The SMILES string of the molecule is CCCCN1C(=O)C(=O)/C(=C(/O)c2cc(C(C)C)c(OC)cc2C)C1c1ccc(CC)cc1. The molecule has 0 aliphatic carbocycles. The summed E-state index contributed by atoms with van der Waals surface area (Å²) in [5.41, 5.74) is 4.45. The van der Waals surface area contributed by atoms with Crippen molar-refractivity contribution in [2.75, 3.05) is 13.7 Å². The fourth-order valence-electron chi connectivity index (χ4n) is 4.45. The zero-order chi connectivity index (χ0) is 24.3. The minimum Gasteiger partial charge on any atom is -0.507 e. The maximum absolute atomic E-state index is 13.2. The molecule has 1 aliphatic heterocycles. The predicted octanol–water partition coefficient (Wildman–Crippen LogP) is 5.91. The molecule has 5 nitrogen and oxygen atoms in total. The fraction of sp³-hybridized carbons (Fsp3) is 0.429. The fourth-order valence-corrected chi connectivity index (χ4v) is 4.45. The average molecular weight is 450 g/mol. The molecular weight excluding hydrogens is 414 g/mol. The summed E-state index contributed by atoms with van der Waals surface area (Å²) in [6, 6.07) is 11.1. The Labute approximate surface area is 197 Å². The molecule has 0 spiro atoms. The molecule has 2 aromatic carbocycles. The highest BCUT2D eigenvalue weighted by molar-refractivity contribution is 6.46. The van der Waals surface area contributed by atoms with Crippen molar-refractivity contribution < 1.29 is 19.4 Å². The number of aliphatic hydroxyl groups excluding tert-OH is 1. The Morgan fingerprint density at radius 3 is 2.33 bits per heavy atom. The number of likely N-dealkylation sites (tertiary alicyclic amines) is 1. The van der Waals surface area contributed by atoms with Crippen molar-refractivity contribution in [3.05, 3.63) is 69.8 Å². The monoisotopic (exact) mass is 449 g/mol. The van der Waals surface area contributed by atoms with Crippen LogP contribution in [0.5, 0.6) is 5.75 Å². The zero-order valence-corrected chi connectivity index (χ0v) is 20.6. The molecule has 1 fully saturated rings. The second-order valence-electron chi connectivity index (χ2n) is 9.00. The largest absolute Gasteiger partial charge is 0.507 e. The third-order valence-corrected chi connectivity index (χ3v) is 6.45. The van der Waals surface area contributed by atoms with Gasteiger partial charge in [0, 0.05) is 12.1 Å². The first-order valence-electron chi connectivity index (χ1n) is 11.8. The first kappa shape index (κ1) is 24.6. The lowest BCUT2D eigenvalue weighted by Crippen LogP contribution is -2.30. The Morgan fingerprint density at radius 1 is 1.12 bits per heavy atom. The Morgan fingerprint density at radius 2 is 1.79 bits per heavy atom. The second kappa shape index (κ2) is 10.2. The first-order valence-corrected chi connectivity index (χ1v) is 11.8. The number of hydrogen-bond donors (Lipinski definition) is 1. The third kappa shape index (κ3) is 4.68. The average Bonchev–Trinajstić information content (AvgIpc) is 3.06. The maximum Gasteiger partial charge on any atom is 0.295 e. The van der Waals surface area contributed by atoms with Crippen LogP contribution < -0.4 is 4.74 Å². The molecule has 1 atom stereocenters. The van der Waals surface area contributed by atoms with Gasteiger partial charge in [-0.05, 0) is 60.1 Å². The summed E-state index contributed by atoms with van der Waals surface area (Å²) in [5.74, 6) is -0.399. The van der Waals surface area contributed by atoms with Crippen LogP contribution in [0.4, 0.5) is 0 Å². The van der Waals surface area contributed by atoms with Gasteiger partial charge in [0.25, 0.3) is 11.7 Å². The molecule has 1 aliphatic rings. The smallest absolute Gasteiger partial charge is 0.295 e. The predicted molar refractivity (Wildman–Crippen MR) is 132 cm³/mol. The van der Waals surface area contributed by atoms with Crippen molar-refractivity contribution in [1.29, 1.82) is 0 Å².